The minimum atomic E-state index is 0.180. The summed E-state index contributed by atoms with van der Waals surface area (Å²) in [6.07, 6.45) is 6.46. The van der Waals surface area contributed by atoms with E-state index in [-0.39, 0.29) is 6.04 Å². The van der Waals surface area contributed by atoms with Crippen molar-refractivity contribution < 1.29 is 4.74 Å². The van der Waals surface area contributed by atoms with Gasteiger partial charge < -0.3 is 15.4 Å². The SMILES string of the molecule is S=C(NC1CCCCC1)NC1COc2ccccc21. The van der Waals surface area contributed by atoms with Gasteiger partial charge in [0.25, 0.3) is 0 Å². The third-order valence-corrected chi connectivity index (χ3v) is 4.18. The van der Waals surface area contributed by atoms with Crippen LogP contribution in [0.2, 0.25) is 0 Å². The molecule has 0 amide bonds. The van der Waals surface area contributed by atoms with E-state index in [9.17, 15) is 0 Å². The average Bonchev–Trinajstić information content (AvgIpc) is 2.83. The Labute approximate surface area is 119 Å². The smallest absolute Gasteiger partial charge is 0.167 e. The first kappa shape index (κ1) is 12.7. The minimum Gasteiger partial charge on any atom is -0.491 e. The van der Waals surface area contributed by atoms with Gasteiger partial charge in [-0.3, -0.25) is 0 Å². The highest BCUT2D eigenvalue weighted by molar-refractivity contribution is 7.80. The van der Waals surface area contributed by atoms with Crippen LogP contribution in [-0.4, -0.2) is 17.8 Å². The fourth-order valence-corrected chi connectivity index (χ4v) is 3.22. The van der Waals surface area contributed by atoms with Crippen molar-refractivity contribution in [2.24, 2.45) is 0 Å². The molecule has 0 spiro atoms. The molecule has 3 nitrogen and oxygen atoms in total. The largest absolute Gasteiger partial charge is 0.491 e. The average molecular weight is 276 g/mol. The van der Waals surface area contributed by atoms with Crippen molar-refractivity contribution in [3.05, 3.63) is 29.8 Å². The van der Waals surface area contributed by atoms with E-state index in [2.05, 4.69) is 16.7 Å². The molecule has 0 saturated heterocycles. The van der Waals surface area contributed by atoms with Crippen molar-refractivity contribution in [1.82, 2.24) is 10.6 Å². The molecule has 0 bridgehead atoms. The molecule has 1 aromatic carbocycles. The molecule has 1 aromatic rings. The zero-order valence-electron chi connectivity index (χ0n) is 11.0. The molecule has 2 N–H and O–H groups in total. The van der Waals surface area contributed by atoms with Gasteiger partial charge in [-0.25, -0.2) is 0 Å². The van der Waals surface area contributed by atoms with Crippen molar-refractivity contribution in [1.29, 1.82) is 0 Å². The second-order valence-electron chi connectivity index (χ2n) is 5.35. The van der Waals surface area contributed by atoms with Crippen LogP contribution in [0.25, 0.3) is 0 Å². The van der Waals surface area contributed by atoms with Crippen molar-refractivity contribution in [3.8, 4) is 5.75 Å². The van der Waals surface area contributed by atoms with Crippen LogP contribution in [0.4, 0.5) is 0 Å². The quantitative estimate of drug-likeness (QED) is 0.814. The fourth-order valence-electron chi connectivity index (χ4n) is 2.91. The van der Waals surface area contributed by atoms with Crippen LogP contribution in [-0.2, 0) is 0 Å². The molecule has 0 radical (unpaired) electrons. The van der Waals surface area contributed by atoms with Crippen molar-refractivity contribution in [3.63, 3.8) is 0 Å². The molecule has 102 valence electrons. The summed E-state index contributed by atoms with van der Waals surface area (Å²) >= 11 is 5.42. The molecule has 2 aliphatic rings. The van der Waals surface area contributed by atoms with Gasteiger partial charge >= 0.3 is 0 Å². The number of ether oxygens (including phenoxy) is 1. The number of hydrogen-bond donors (Lipinski definition) is 2. The molecule has 1 unspecified atom stereocenters. The summed E-state index contributed by atoms with van der Waals surface area (Å²) in [4.78, 5) is 0. The lowest BCUT2D eigenvalue weighted by molar-refractivity contribution is 0.323. The predicted octanol–water partition coefficient (Wildman–Crippen LogP) is 2.92. The monoisotopic (exact) mass is 276 g/mol. The van der Waals surface area contributed by atoms with E-state index < -0.39 is 0 Å². The highest BCUT2D eigenvalue weighted by Gasteiger charge is 2.24. The Morgan fingerprint density at radius 3 is 2.74 bits per heavy atom. The van der Waals surface area contributed by atoms with Gasteiger partial charge in [0.2, 0.25) is 0 Å². The fraction of sp³-hybridized carbons (Fsp3) is 0.533. The van der Waals surface area contributed by atoms with E-state index in [0.29, 0.717) is 12.6 Å². The van der Waals surface area contributed by atoms with E-state index in [1.807, 2.05) is 18.2 Å². The molecular weight excluding hydrogens is 256 g/mol. The number of para-hydroxylation sites is 1. The van der Waals surface area contributed by atoms with Crippen molar-refractivity contribution in [2.75, 3.05) is 6.61 Å². The summed E-state index contributed by atoms with van der Waals surface area (Å²) in [6, 6.07) is 8.88. The summed E-state index contributed by atoms with van der Waals surface area (Å²) < 4.78 is 5.65. The summed E-state index contributed by atoms with van der Waals surface area (Å²) in [5.74, 6) is 0.973. The molecule has 3 rings (SSSR count). The van der Waals surface area contributed by atoms with E-state index in [1.54, 1.807) is 0 Å². The van der Waals surface area contributed by atoms with E-state index in [0.717, 1.165) is 10.9 Å². The number of rotatable bonds is 2. The van der Waals surface area contributed by atoms with Crippen LogP contribution in [0.3, 0.4) is 0 Å². The van der Waals surface area contributed by atoms with E-state index >= 15 is 0 Å². The molecule has 1 aliphatic heterocycles. The van der Waals surface area contributed by atoms with Gasteiger partial charge in [-0.2, -0.15) is 0 Å². The zero-order valence-corrected chi connectivity index (χ0v) is 11.8. The molecule has 1 atom stereocenters. The molecule has 1 saturated carbocycles. The van der Waals surface area contributed by atoms with Crippen LogP contribution in [0.1, 0.15) is 43.7 Å². The zero-order chi connectivity index (χ0) is 13.1. The van der Waals surface area contributed by atoms with Gasteiger partial charge in [-0.15, -0.1) is 0 Å². The molecule has 4 heteroatoms. The summed E-state index contributed by atoms with van der Waals surface area (Å²) in [6.45, 7) is 0.659. The van der Waals surface area contributed by atoms with Crippen LogP contribution in [0.5, 0.6) is 5.75 Å². The first-order valence-electron chi connectivity index (χ1n) is 7.12. The second kappa shape index (κ2) is 5.78. The molecule has 0 aromatic heterocycles. The molecular formula is C15H20N2OS. The lowest BCUT2D eigenvalue weighted by Gasteiger charge is -2.25. The standard InChI is InChI=1S/C15H20N2OS/c19-15(16-11-6-2-1-3-7-11)17-13-10-18-14-9-5-4-8-12(13)14/h4-5,8-9,11,13H,1-3,6-7,10H2,(H2,16,17,19). The minimum absolute atomic E-state index is 0.180. The highest BCUT2D eigenvalue weighted by Crippen LogP contribution is 2.31. The highest BCUT2D eigenvalue weighted by atomic mass is 32.1. The third kappa shape index (κ3) is 3.00. The number of fused-ring (bicyclic) bond motifs is 1. The first-order chi connectivity index (χ1) is 9.33. The predicted molar refractivity (Wildman–Crippen MR) is 80.4 cm³/mol. The van der Waals surface area contributed by atoms with Crippen LogP contribution < -0.4 is 15.4 Å². The summed E-state index contributed by atoms with van der Waals surface area (Å²) in [5.41, 5.74) is 1.20. The van der Waals surface area contributed by atoms with E-state index in [4.69, 9.17) is 17.0 Å². The topological polar surface area (TPSA) is 33.3 Å². The van der Waals surface area contributed by atoms with Crippen LogP contribution in [0.15, 0.2) is 24.3 Å². The third-order valence-electron chi connectivity index (χ3n) is 3.95. The van der Waals surface area contributed by atoms with Crippen LogP contribution >= 0.6 is 12.2 Å². The molecule has 1 heterocycles. The van der Waals surface area contributed by atoms with Crippen molar-refractivity contribution >= 4 is 17.3 Å². The summed E-state index contributed by atoms with van der Waals surface area (Å²) in [7, 11) is 0. The molecule has 1 fully saturated rings. The second-order valence-corrected chi connectivity index (χ2v) is 5.76. The Hall–Kier alpha value is -1.29. The van der Waals surface area contributed by atoms with Crippen LogP contribution in [0, 0.1) is 0 Å². The number of hydrogen-bond acceptors (Lipinski definition) is 2. The lowest BCUT2D eigenvalue weighted by atomic mass is 9.96. The Bertz CT molecular complexity index is 457. The molecule has 1 aliphatic carbocycles. The van der Waals surface area contributed by atoms with Gasteiger partial charge in [0.1, 0.15) is 12.4 Å². The maximum atomic E-state index is 5.65. The normalized spacial score (nSPS) is 22.4. The van der Waals surface area contributed by atoms with Gasteiger partial charge in [0.05, 0.1) is 6.04 Å². The van der Waals surface area contributed by atoms with Crippen molar-refractivity contribution in [2.45, 2.75) is 44.2 Å². The lowest BCUT2D eigenvalue weighted by Crippen LogP contribution is -2.44. The van der Waals surface area contributed by atoms with Gasteiger partial charge in [0.15, 0.2) is 5.11 Å². The maximum absolute atomic E-state index is 5.65. The summed E-state index contributed by atoms with van der Waals surface area (Å²) in [5, 5.41) is 7.58. The van der Waals surface area contributed by atoms with E-state index in [1.165, 1.54) is 37.7 Å². The van der Waals surface area contributed by atoms with Gasteiger partial charge in [-0.05, 0) is 31.1 Å². The maximum Gasteiger partial charge on any atom is 0.167 e. The number of benzene rings is 1. The Morgan fingerprint density at radius 1 is 1.11 bits per heavy atom. The van der Waals surface area contributed by atoms with Gasteiger partial charge in [0, 0.05) is 11.6 Å². The molecule has 19 heavy (non-hydrogen) atoms. The number of nitrogens with one attached hydrogen (secondary N) is 2. The number of thiocarbonyl (C=S) groups is 1. The first-order valence-corrected chi connectivity index (χ1v) is 7.52. The van der Waals surface area contributed by atoms with Gasteiger partial charge in [-0.1, -0.05) is 37.5 Å². The Kier molecular flexibility index (Phi) is 3.87. The Morgan fingerprint density at radius 2 is 1.89 bits per heavy atom. The Balaban J connectivity index is 1.55.